The van der Waals surface area contributed by atoms with Gasteiger partial charge in [0.15, 0.2) is 5.96 Å². The van der Waals surface area contributed by atoms with Gasteiger partial charge in [-0.15, -0.1) is 0 Å². The molecule has 0 amide bonds. The Bertz CT molecular complexity index is 444. The molecule has 0 bridgehead atoms. The van der Waals surface area contributed by atoms with E-state index in [1.165, 1.54) is 77.9 Å². The molecule has 0 aromatic carbocycles. The highest BCUT2D eigenvalue weighted by Gasteiger charge is 2.27. The van der Waals surface area contributed by atoms with E-state index < -0.39 is 0 Å². The van der Waals surface area contributed by atoms with Gasteiger partial charge in [-0.2, -0.15) is 0 Å². The maximum Gasteiger partial charge on any atom is 0.193 e. The van der Waals surface area contributed by atoms with Crippen LogP contribution in [0, 0.1) is 11.8 Å². The van der Waals surface area contributed by atoms with Crippen LogP contribution < -0.4 is 5.32 Å². The number of rotatable bonds is 8. The van der Waals surface area contributed by atoms with Gasteiger partial charge in [-0.05, 0) is 77.0 Å². The number of aliphatic imine (C=N–C) groups is 1. The fourth-order valence-electron chi connectivity index (χ4n) is 4.76. The molecule has 6 heteroatoms. The quantitative estimate of drug-likeness (QED) is 0.514. The summed E-state index contributed by atoms with van der Waals surface area (Å²) in [5.41, 5.74) is 0. The van der Waals surface area contributed by atoms with Crippen LogP contribution in [0.5, 0.6) is 0 Å². The van der Waals surface area contributed by atoms with Crippen molar-refractivity contribution in [3.8, 4) is 0 Å². The lowest BCUT2D eigenvalue weighted by Gasteiger charge is -2.31. The Kier molecular flexibility index (Phi) is 8.68. The third-order valence-electron chi connectivity index (χ3n) is 6.45. The first kappa shape index (κ1) is 20.9. The minimum atomic E-state index is 0.737. The zero-order valence-electron chi connectivity index (χ0n) is 17.7. The summed E-state index contributed by atoms with van der Waals surface area (Å²) >= 11 is 0. The topological polar surface area (TPSA) is 43.3 Å². The predicted octanol–water partition coefficient (Wildman–Crippen LogP) is 1.73. The minimum absolute atomic E-state index is 0.737. The molecule has 3 fully saturated rings. The third-order valence-corrected chi connectivity index (χ3v) is 6.45. The number of nitrogens with zero attached hydrogens (tertiary/aromatic N) is 4. The molecule has 156 valence electrons. The van der Waals surface area contributed by atoms with Gasteiger partial charge >= 0.3 is 0 Å². The molecule has 27 heavy (non-hydrogen) atoms. The summed E-state index contributed by atoms with van der Waals surface area (Å²) < 4.78 is 5.20. The van der Waals surface area contributed by atoms with E-state index in [2.05, 4.69) is 26.9 Å². The lowest BCUT2D eigenvalue weighted by Crippen LogP contribution is -2.41. The zero-order valence-corrected chi connectivity index (χ0v) is 17.7. The van der Waals surface area contributed by atoms with Crippen LogP contribution in [0.1, 0.15) is 39.0 Å². The molecule has 3 saturated heterocycles. The molecule has 0 aromatic heterocycles. The Hall–Kier alpha value is -0.850. The predicted molar refractivity (Wildman–Crippen MR) is 112 cm³/mol. The van der Waals surface area contributed by atoms with E-state index in [0.717, 1.165) is 44.0 Å². The number of ether oxygens (including phenoxy) is 1. The van der Waals surface area contributed by atoms with Gasteiger partial charge in [0.2, 0.25) is 0 Å². The highest BCUT2D eigenvalue weighted by atomic mass is 16.5. The van der Waals surface area contributed by atoms with E-state index >= 15 is 0 Å². The number of nitrogens with one attached hydrogen (secondary N) is 1. The Balaban J connectivity index is 1.43. The number of guanidine groups is 1. The number of hydrogen-bond donors (Lipinski definition) is 1. The second-order valence-corrected chi connectivity index (χ2v) is 8.58. The number of piperidine rings is 1. The van der Waals surface area contributed by atoms with Crippen LogP contribution in [-0.2, 0) is 4.74 Å². The molecule has 1 N–H and O–H groups in total. The van der Waals surface area contributed by atoms with Gasteiger partial charge in [-0.1, -0.05) is 0 Å². The van der Waals surface area contributed by atoms with E-state index in [4.69, 9.17) is 9.73 Å². The van der Waals surface area contributed by atoms with E-state index in [0.29, 0.717) is 0 Å². The van der Waals surface area contributed by atoms with Crippen molar-refractivity contribution in [2.45, 2.75) is 39.0 Å². The first-order valence-corrected chi connectivity index (χ1v) is 11.3. The molecule has 3 heterocycles. The van der Waals surface area contributed by atoms with Gasteiger partial charge in [-0.3, -0.25) is 4.99 Å². The molecule has 3 aliphatic heterocycles. The molecule has 3 rings (SSSR count). The van der Waals surface area contributed by atoms with Crippen molar-refractivity contribution >= 4 is 5.96 Å². The van der Waals surface area contributed by atoms with Crippen molar-refractivity contribution < 1.29 is 4.74 Å². The van der Waals surface area contributed by atoms with E-state index in [9.17, 15) is 0 Å². The molecular formula is C21H41N5O. The third kappa shape index (κ3) is 6.61. The summed E-state index contributed by atoms with van der Waals surface area (Å²) in [6.45, 7) is 14.7. The average molecular weight is 380 g/mol. The van der Waals surface area contributed by atoms with Gasteiger partial charge in [0.25, 0.3) is 0 Å². The van der Waals surface area contributed by atoms with Crippen molar-refractivity contribution in [3.05, 3.63) is 0 Å². The Morgan fingerprint density at radius 3 is 2.44 bits per heavy atom. The van der Waals surface area contributed by atoms with Crippen molar-refractivity contribution in [3.63, 3.8) is 0 Å². The van der Waals surface area contributed by atoms with E-state index in [1.807, 2.05) is 0 Å². The van der Waals surface area contributed by atoms with Crippen molar-refractivity contribution in [2.75, 3.05) is 79.2 Å². The molecule has 1 unspecified atom stereocenters. The van der Waals surface area contributed by atoms with Crippen molar-refractivity contribution in [1.82, 2.24) is 20.0 Å². The minimum Gasteiger partial charge on any atom is -0.383 e. The van der Waals surface area contributed by atoms with Crippen LogP contribution in [0.2, 0.25) is 0 Å². The van der Waals surface area contributed by atoms with Crippen LogP contribution in [0.3, 0.4) is 0 Å². The van der Waals surface area contributed by atoms with Gasteiger partial charge in [-0.25, -0.2) is 0 Å². The number of methoxy groups -OCH3 is 1. The molecule has 6 nitrogen and oxygen atoms in total. The highest BCUT2D eigenvalue weighted by Crippen LogP contribution is 2.21. The first-order valence-electron chi connectivity index (χ1n) is 11.3. The maximum absolute atomic E-state index is 5.20. The normalized spacial score (nSPS) is 26.2. The summed E-state index contributed by atoms with van der Waals surface area (Å²) in [5, 5.41) is 3.55. The number of likely N-dealkylation sites (tertiary alicyclic amines) is 3. The Morgan fingerprint density at radius 1 is 1.00 bits per heavy atom. The molecular weight excluding hydrogens is 338 g/mol. The fraction of sp³-hybridized carbons (Fsp3) is 0.952. The van der Waals surface area contributed by atoms with Crippen LogP contribution in [-0.4, -0.2) is 99.8 Å². The van der Waals surface area contributed by atoms with Crippen LogP contribution in [0.15, 0.2) is 4.99 Å². The zero-order chi connectivity index (χ0) is 18.9. The van der Waals surface area contributed by atoms with E-state index in [-0.39, 0.29) is 0 Å². The summed E-state index contributed by atoms with van der Waals surface area (Å²) in [4.78, 5) is 12.7. The van der Waals surface area contributed by atoms with Crippen LogP contribution in [0.4, 0.5) is 0 Å². The summed E-state index contributed by atoms with van der Waals surface area (Å²) in [6.07, 6.45) is 6.64. The van der Waals surface area contributed by atoms with Crippen LogP contribution in [0.25, 0.3) is 0 Å². The SMILES string of the molecule is CCNC(=NCC1CCN(CCOC)CC1)N1CCC(CN2CCCC2)C1. The molecule has 0 radical (unpaired) electrons. The lowest BCUT2D eigenvalue weighted by atomic mass is 9.97. The molecule has 3 aliphatic rings. The maximum atomic E-state index is 5.20. The average Bonchev–Trinajstić information content (AvgIpc) is 3.37. The Labute approximate surface area is 166 Å². The summed E-state index contributed by atoms with van der Waals surface area (Å²) in [6, 6.07) is 0. The van der Waals surface area contributed by atoms with Gasteiger partial charge < -0.3 is 24.8 Å². The van der Waals surface area contributed by atoms with Gasteiger partial charge in [0.1, 0.15) is 0 Å². The fourth-order valence-corrected chi connectivity index (χ4v) is 4.76. The molecule has 0 spiro atoms. The van der Waals surface area contributed by atoms with Gasteiger partial charge in [0, 0.05) is 46.4 Å². The monoisotopic (exact) mass is 379 g/mol. The Morgan fingerprint density at radius 2 is 1.74 bits per heavy atom. The second kappa shape index (κ2) is 11.2. The molecule has 0 saturated carbocycles. The van der Waals surface area contributed by atoms with Gasteiger partial charge in [0.05, 0.1) is 6.61 Å². The smallest absolute Gasteiger partial charge is 0.193 e. The summed E-state index contributed by atoms with van der Waals surface area (Å²) in [7, 11) is 1.79. The van der Waals surface area contributed by atoms with Crippen LogP contribution >= 0.6 is 0 Å². The standard InChI is InChI=1S/C21H41N5O/c1-3-22-21(23-16-19-6-11-24(12-7-19)14-15-27-2)26-13-8-20(18-26)17-25-9-4-5-10-25/h19-20H,3-18H2,1-2H3,(H,22,23). The van der Waals surface area contributed by atoms with Crippen molar-refractivity contribution in [1.29, 1.82) is 0 Å². The molecule has 0 aromatic rings. The van der Waals surface area contributed by atoms with E-state index in [1.54, 1.807) is 7.11 Å². The first-order chi connectivity index (χ1) is 13.3. The molecule has 1 atom stereocenters. The largest absolute Gasteiger partial charge is 0.383 e. The number of hydrogen-bond acceptors (Lipinski definition) is 4. The van der Waals surface area contributed by atoms with Crippen molar-refractivity contribution in [2.24, 2.45) is 16.8 Å². The summed E-state index contributed by atoms with van der Waals surface area (Å²) in [5.74, 6) is 2.71. The lowest BCUT2D eigenvalue weighted by molar-refractivity contribution is 0.121. The second-order valence-electron chi connectivity index (χ2n) is 8.58. The highest BCUT2D eigenvalue weighted by molar-refractivity contribution is 5.80. The molecule has 0 aliphatic carbocycles.